The van der Waals surface area contributed by atoms with Crippen LogP contribution in [0.4, 0.5) is 11.4 Å². The molecule has 0 heterocycles. The molecular formula is C22H15ClN2O6. The number of ketones is 1. The number of esters is 1. The Morgan fingerprint density at radius 3 is 2.32 bits per heavy atom. The van der Waals surface area contributed by atoms with Crippen LogP contribution in [0.25, 0.3) is 0 Å². The number of rotatable bonds is 7. The van der Waals surface area contributed by atoms with Crippen LogP contribution in [0.15, 0.2) is 72.8 Å². The van der Waals surface area contributed by atoms with Crippen molar-refractivity contribution in [3.05, 3.63) is 105 Å². The van der Waals surface area contributed by atoms with Crippen molar-refractivity contribution in [1.82, 2.24) is 0 Å². The SMILES string of the molecule is O=C(COC(=O)c1cc(Cl)ccc1[N+](=O)[O-])Nc1ccccc1C(=O)c1ccccc1. The van der Waals surface area contributed by atoms with Gasteiger partial charge in [-0.2, -0.15) is 0 Å². The summed E-state index contributed by atoms with van der Waals surface area (Å²) in [6.07, 6.45) is 0. The van der Waals surface area contributed by atoms with Crippen LogP contribution in [-0.4, -0.2) is 29.2 Å². The molecule has 0 spiro atoms. The number of nitro groups is 1. The number of nitrogens with zero attached hydrogens (tertiary/aromatic N) is 1. The molecule has 9 heteroatoms. The molecule has 0 fully saturated rings. The van der Waals surface area contributed by atoms with E-state index in [2.05, 4.69) is 5.32 Å². The zero-order chi connectivity index (χ0) is 22.4. The Bertz CT molecular complexity index is 1160. The number of para-hydroxylation sites is 1. The minimum absolute atomic E-state index is 0.107. The van der Waals surface area contributed by atoms with E-state index in [0.717, 1.165) is 12.1 Å². The van der Waals surface area contributed by atoms with E-state index in [0.29, 0.717) is 5.56 Å². The summed E-state index contributed by atoms with van der Waals surface area (Å²) in [6, 6.07) is 18.4. The number of benzene rings is 3. The van der Waals surface area contributed by atoms with Crippen LogP contribution in [0.2, 0.25) is 5.02 Å². The molecule has 0 saturated carbocycles. The smallest absolute Gasteiger partial charge is 0.345 e. The van der Waals surface area contributed by atoms with Gasteiger partial charge in [-0.1, -0.05) is 54.1 Å². The normalized spacial score (nSPS) is 10.2. The van der Waals surface area contributed by atoms with E-state index in [1.807, 2.05) is 0 Å². The summed E-state index contributed by atoms with van der Waals surface area (Å²) in [5.41, 5.74) is 0.0902. The van der Waals surface area contributed by atoms with Gasteiger partial charge in [0.2, 0.25) is 0 Å². The first-order valence-corrected chi connectivity index (χ1v) is 9.34. The lowest BCUT2D eigenvalue weighted by molar-refractivity contribution is -0.385. The number of anilines is 1. The molecule has 0 aliphatic rings. The first-order valence-electron chi connectivity index (χ1n) is 8.96. The van der Waals surface area contributed by atoms with Gasteiger partial charge in [-0.3, -0.25) is 19.7 Å². The molecule has 0 saturated heterocycles. The van der Waals surface area contributed by atoms with Crippen molar-refractivity contribution < 1.29 is 24.0 Å². The highest BCUT2D eigenvalue weighted by Crippen LogP contribution is 2.24. The maximum Gasteiger partial charge on any atom is 0.345 e. The van der Waals surface area contributed by atoms with Crippen molar-refractivity contribution in [3.8, 4) is 0 Å². The van der Waals surface area contributed by atoms with E-state index in [-0.39, 0.29) is 27.6 Å². The van der Waals surface area contributed by atoms with Crippen LogP contribution in [0.1, 0.15) is 26.3 Å². The fourth-order valence-corrected chi connectivity index (χ4v) is 2.93. The van der Waals surface area contributed by atoms with Gasteiger partial charge in [-0.05, 0) is 24.3 Å². The highest BCUT2D eigenvalue weighted by Gasteiger charge is 2.23. The van der Waals surface area contributed by atoms with Crippen LogP contribution in [-0.2, 0) is 9.53 Å². The molecule has 0 bridgehead atoms. The zero-order valence-electron chi connectivity index (χ0n) is 15.9. The molecule has 3 aromatic carbocycles. The van der Waals surface area contributed by atoms with Crippen LogP contribution >= 0.6 is 11.6 Å². The van der Waals surface area contributed by atoms with E-state index >= 15 is 0 Å². The maximum absolute atomic E-state index is 12.7. The van der Waals surface area contributed by atoms with Gasteiger partial charge in [0.25, 0.3) is 11.6 Å². The first kappa shape index (κ1) is 21.7. The van der Waals surface area contributed by atoms with Crippen molar-refractivity contribution in [2.75, 3.05) is 11.9 Å². The highest BCUT2D eigenvalue weighted by atomic mass is 35.5. The standard InChI is InChI=1S/C22H15ClN2O6/c23-15-10-11-19(25(29)30)17(12-15)22(28)31-13-20(26)24-18-9-5-4-8-16(18)21(27)14-6-2-1-3-7-14/h1-12H,13H2,(H,24,26). The molecule has 0 aliphatic carbocycles. The van der Waals surface area contributed by atoms with Gasteiger partial charge in [0.15, 0.2) is 12.4 Å². The van der Waals surface area contributed by atoms with Crippen molar-refractivity contribution in [2.24, 2.45) is 0 Å². The predicted molar refractivity (Wildman–Crippen MR) is 113 cm³/mol. The first-order chi connectivity index (χ1) is 14.9. The molecule has 156 valence electrons. The Hall–Kier alpha value is -4.04. The van der Waals surface area contributed by atoms with Crippen molar-refractivity contribution in [2.45, 2.75) is 0 Å². The van der Waals surface area contributed by atoms with Gasteiger partial charge in [-0.15, -0.1) is 0 Å². The number of amides is 1. The zero-order valence-corrected chi connectivity index (χ0v) is 16.7. The van der Waals surface area contributed by atoms with E-state index in [4.69, 9.17) is 16.3 Å². The Kier molecular flexibility index (Phi) is 6.74. The average molecular weight is 439 g/mol. The average Bonchev–Trinajstić information content (AvgIpc) is 2.77. The van der Waals surface area contributed by atoms with E-state index in [1.54, 1.807) is 48.5 Å². The molecule has 1 amide bonds. The Labute approximate surface area is 181 Å². The lowest BCUT2D eigenvalue weighted by Crippen LogP contribution is -2.22. The summed E-state index contributed by atoms with van der Waals surface area (Å²) >= 11 is 5.79. The third kappa shape index (κ3) is 5.31. The largest absolute Gasteiger partial charge is 0.452 e. The number of carbonyl (C=O) groups excluding carboxylic acids is 3. The summed E-state index contributed by atoms with van der Waals surface area (Å²) in [7, 11) is 0. The number of carbonyl (C=O) groups is 3. The van der Waals surface area contributed by atoms with E-state index < -0.39 is 29.1 Å². The van der Waals surface area contributed by atoms with Crippen molar-refractivity contribution in [3.63, 3.8) is 0 Å². The number of ether oxygens (including phenoxy) is 1. The van der Waals surface area contributed by atoms with Crippen molar-refractivity contribution in [1.29, 1.82) is 0 Å². The molecule has 31 heavy (non-hydrogen) atoms. The number of nitrogens with one attached hydrogen (secondary N) is 1. The molecule has 1 N–H and O–H groups in total. The van der Waals surface area contributed by atoms with E-state index in [9.17, 15) is 24.5 Å². The third-order valence-corrected chi connectivity index (χ3v) is 4.43. The minimum Gasteiger partial charge on any atom is -0.452 e. The van der Waals surface area contributed by atoms with Crippen LogP contribution in [0.5, 0.6) is 0 Å². The number of halogens is 1. The van der Waals surface area contributed by atoms with E-state index in [1.165, 1.54) is 12.1 Å². The lowest BCUT2D eigenvalue weighted by atomic mass is 10.0. The Morgan fingerprint density at radius 1 is 0.935 bits per heavy atom. The molecule has 0 radical (unpaired) electrons. The third-order valence-electron chi connectivity index (χ3n) is 4.19. The van der Waals surface area contributed by atoms with Gasteiger partial charge in [0.1, 0.15) is 5.56 Å². The monoisotopic (exact) mass is 438 g/mol. The molecule has 3 rings (SSSR count). The second-order valence-corrected chi connectivity index (χ2v) is 6.72. The van der Waals surface area contributed by atoms with Gasteiger partial charge in [0, 0.05) is 22.2 Å². The van der Waals surface area contributed by atoms with Gasteiger partial charge >= 0.3 is 5.97 Å². The number of nitro benzene ring substituents is 1. The topological polar surface area (TPSA) is 116 Å². The Morgan fingerprint density at radius 2 is 1.61 bits per heavy atom. The van der Waals surface area contributed by atoms with Crippen LogP contribution in [0.3, 0.4) is 0 Å². The van der Waals surface area contributed by atoms with Crippen LogP contribution in [0, 0.1) is 10.1 Å². The van der Waals surface area contributed by atoms with Crippen LogP contribution < -0.4 is 5.32 Å². The molecule has 0 unspecified atom stereocenters. The molecule has 0 aromatic heterocycles. The summed E-state index contributed by atoms with van der Waals surface area (Å²) < 4.78 is 4.89. The second kappa shape index (κ2) is 9.64. The fourth-order valence-electron chi connectivity index (χ4n) is 2.76. The molecular weight excluding hydrogens is 424 g/mol. The fraction of sp³-hybridized carbons (Fsp3) is 0.0455. The molecule has 0 aliphatic heterocycles. The summed E-state index contributed by atoms with van der Waals surface area (Å²) in [6.45, 7) is -0.712. The number of hydrogen-bond acceptors (Lipinski definition) is 6. The lowest BCUT2D eigenvalue weighted by Gasteiger charge is -2.11. The number of hydrogen-bond donors (Lipinski definition) is 1. The summed E-state index contributed by atoms with van der Waals surface area (Å²) in [5.74, 6) is -2.08. The molecule has 0 atom stereocenters. The van der Waals surface area contributed by atoms with Crippen molar-refractivity contribution >= 4 is 40.6 Å². The molecule has 8 nitrogen and oxygen atoms in total. The summed E-state index contributed by atoms with van der Waals surface area (Å²) in [4.78, 5) is 47.6. The second-order valence-electron chi connectivity index (χ2n) is 6.28. The summed E-state index contributed by atoms with van der Waals surface area (Å²) in [5, 5.41) is 13.7. The quantitative estimate of drug-likeness (QED) is 0.255. The molecule has 3 aromatic rings. The Balaban J connectivity index is 1.70. The maximum atomic E-state index is 12.7. The highest BCUT2D eigenvalue weighted by molar-refractivity contribution is 6.31. The van der Waals surface area contributed by atoms with Gasteiger partial charge < -0.3 is 10.1 Å². The predicted octanol–water partition coefficient (Wildman–Crippen LogP) is 4.27. The van der Waals surface area contributed by atoms with Gasteiger partial charge in [0.05, 0.1) is 10.6 Å². The van der Waals surface area contributed by atoms with Gasteiger partial charge in [-0.25, -0.2) is 4.79 Å². The minimum atomic E-state index is -1.07.